The summed E-state index contributed by atoms with van der Waals surface area (Å²) in [4.78, 5) is 33.2. The van der Waals surface area contributed by atoms with E-state index in [1.807, 2.05) is 37.3 Å². The van der Waals surface area contributed by atoms with E-state index >= 15 is 0 Å². The van der Waals surface area contributed by atoms with Crippen LogP contribution in [0, 0.1) is 6.92 Å². The number of pyridine rings is 1. The van der Waals surface area contributed by atoms with Gasteiger partial charge in [-0.15, -0.1) is 0 Å². The quantitative estimate of drug-likeness (QED) is 0.458. The summed E-state index contributed by atoms with van der Waals surface area (Å²) in [5, 5.41) is 9.56. The first-order chi connectivity index (χ1) is 15.5. The molecule has 2 amide bonds. The summed E-state index contributed by atoms with van der Waals surface area (Å²) < 4.78 is 11.9. The lowest BCUT2D eigenvalue weighted by Gasteiger charge is -2.09. The number of rotatable bonds is 7. The highest BCUT2D eigenvalue weighted by atomic mass is 16.5. The molecule has 0 aliphatic rings. The monoisotopic (exact) mass is 434 g/mol. The lowest BCUT2D eigenvalue weighted by atomic mass is 10.1. The molecule has 4 aromatic rings. The van der Waals surface area contributed by atoms with Crippen LogP contribution in [0.2, 0.25) is 0 Å². The van der Waals surface area contributed by atoms with Crippen molar-refractivity contribution in [2.24, 2.45) is 0 Å². The van der Waals surface area contributed by atoms with Crippen LogP contribution in [0.1, 0.15) is 28.9 Å². The SMILES string of the molecule is CO[C@H](C)C(=O)NCc1nc(-c2ccc(C)c(NC(=O)c3cnc4ccccn34)c2)no1. The summed E-state index contributed by atoms with van der Waals surface area (Å²) in [6.07, 6.45) is 2.75. The van der Waals surface area contributed by atoms with E-state index in [0.717, 1.165) is 5.56 Å². The van der Waals surface area contributed by atoms with Gasteiger partial charge in [0.2, 0.25) is 17.6 Å². The molecule has 2 N–H and O–H groups in total. The van der Waals surface area contributed by atoms with Crippen LogP contribution in [-0.4, -0.2) is 44.6 Å². The van der Waals surface area contributed by atoms with Crippen molar-refractivity contribution in [3.63, 3.8) is 0 Å². The number of nitrogens with one attached hydrogen (secondary N) is 2. The number of amides is 2. The van der Waals surface area contributed by atoms with E-state index in [1.54, 1.807) is 23.6 Å². The highest BCUT2D eigenvalue weighted by Gasteiger charge is 2.16. The number of methoxy groups -OCH3 is 1. The summed E-state index contributed by atoms with van der Waals surface area (Å²) in [7, 11) is 1.46. The maximum Gasteiger partial charge on any atom is 0.274 e. The van der Waals surface area contributed by atoms with Gasteiger partial charge >= 0.3 is 0 Å². The van der Waals surface area contributed by atoms with Gasteiger partial charge in [0.25, 0.3) is 5.91 Å². The fraction of sp³-hybridized carbons (Fsp3) is 0.227. The number of benzene rings is 1. The zero-order valence-corrected chi connectivity index (χ0v) is 17.8. The molecule has 0 saturated carbocycles. The third-order valence-electron chi connectivity index (χ3n) is 5.00. The molecule has 164 valence electrons. The number of fused-ring (bicyclic) bond motifs is 1. The van der Waals surface area contributed by atoms with Crippen LogP contribution < -0.4 is 10.6 Å². The van der Waals surface area contributed by atoms with E-state index < -0.39 is 6.10 Å². The number of carbonyl (C=O) groups excluding carboxylic acids is 2. The van der Waals surface area contributed by atoms with Gasteiger partial charge in [0, 0.05) is 24.6 Å². The highest BCUT2D eigenvalue weighted by Crippen LogP contribution is 2.24. The number of imidazole rings is 1. The van der Waals surface area contributed by atoms with Crippen molar-refractivity contribution in [1.29, 1.82) is 0 Å². The predicted octanol–water partition coefficient (Wildman–Crippen LogP) is 2.60. The standard InChI is InChI=1S/C22H22N6O4/c1-13-7-8-15(20-26-19(32-27-20)12-24-21(29)14(2)31-3)10-16(13)25-22(30)17-11-23-18-6-4-5-9-28(17)18/h4-11,14H,12H2,1-3H3,(H,24,29)(H,25,30)/t14-/m1/s1. The van der Waals surface area contributed by atoms with Crippen LogP contribution in [0.3, 0.4) is 0 Å². The minimum Gasteiger partial charge on any atom is -0.372 e. The first-order valence-electron chi connectivity index (χ1n) is 9.94. The summed E-state index contributed by atoms with van der Waals surface area (Å²) in [5.74, 6) is 0.0422. The molecule has 0 spiro atoms. The van der Waals surface area contributed by atoms with Crippen molar-refractivity contribution < 1.29 is 18.8 Å². The molecule has 4 rings (SSSR count). The Kier molecular flexibility index (Phi) is 5.95. The Bertz CT molecular complexity index is 1280. The van der Waals surface area contributed by atoms with E-state index in [1.165, 1.54) is 13.3 Å². The van der Waals surface area contributed by atoms with Gasteiger partial charge in [-0.25, -0.2) is 4.98 Å². The number of hydrogen-bond donors (Lipinski definition) is 2. The second kappa shape index (κ2) is 8.98. The molecule has 32 heavy (non-hydrogen) atoms. The molecule has 10 heteroatoms. The van der Waals surface area contributed by atoms with E-state index in [2.05, 4.69) is 25.8 Å². The molecule has 1 atom stereocenters. The smallest absolute Gasteiger partial charge is 0.274 e. The van der Waals surface area contributed by atoms with E-state index in [9.17, 15) is 9.59 Å². The number of nitrogens with zero attached hydrogens (tertiary/aromatic N) is 4. The van der Waals surface area contributed by atoms with Gasteiger partial charge in [-0.1, -0.05) is 23.4 Å². The van der Waals surface area contributed by atoms with Gasteiger partial charge < -0.3 is 19.9 Å². The number of aromatic nitrogens is 4. The van der Waals surface area contributed by atoms with Gasteiger partial charge in [0.15, 0.2) is 0 Å². The highest BCUT2D eigenvalue weighted by molar-refractivity contribution is 6.04. The zero-order chi connectivity index (χ0) is 22.7. The van der Waals surface area contributed by atoms with Crippen molar-refractivity contribution in [2.45, 2.75) is 26.5 Å². The van der Waals surface area contributed by atoms with E-state index in [-0.39, 0.29) is 24.2 Å². The Morgan fingerprint density at radius 2 is 2.09 bits per heavy atom. The van der Waals surface area contributed by atoms with Crippen molar-refractivity contribution in [1.82, 2.24) is 24.8 Å². The third-order valence-corrected chi connectivity index (χ3v) is 5.00. The van der Waals surface area contributed by atoms with Crippen molar-refractivity contribution in [3.8, 4) is 11.4 Å². The Hall–Kier alpha value is -4.05. The number of carbonyl (C=O) groups is 2. The molecule has 3 aromatic heterocycles. The van der Waals surface area contributed by atoms with Crippen molar-refractivity contribution >= 4 is 23.1 Å². The number of anilines is 1. The number of ether oxygens (including phenoxy) is 1. The summed E-state index contributed by atoms with van der Waals surface area (Å²) in [6.45, 7) is 3.62. The fourth-order valence-electron chi connectivity index (χ4n) is 3.04. The van der Waals surface area contributed by atoms with Crippen molar-refractivity contribution in [3.05, 3.63) is 65.9 Å². The Balaban J connectivity index is 1.50. The van der Waals surface area contributed by atoms with E-state index in [4.69, 9.17) is 9.26 Å². The summed E-state index contributed by atoms with van der Waals surface area (Å²) in [6, 6.07) is 11.0. The molecule has 0 bridgehead atoms. The molecule has 0 unspecified atom stereocenters. The molecule has 3 heterocycles. The van der Waals surface area contributed by atoms with Crippen LogP contribution in [0.5, 0.6) is 0 Å². The second-order valence-electron chi connectivity index (χ2n) is 7.16. The van der Waals surface area contributed by atoms with Crippen LogP contribution in [-0.2, 0) is 16.1 Å². The van der Waals surface area contributed by atoms with E-state index in [0.29, 0.717) is 28.4 Å². The minimum atomic E-state index is -0.575. The van der Waals surface area contributed by atoms with Crippen molar-refractivity contribution in [2.75, 3.05) is 12.4 Å². The summed E-state index contributed by atoms with van der Waals surface area (Å²) >= 11 is 0. The van der Waals surface area contributed by atoms with Gasteiger partial charge in [0.05, 0.1) is 12.7 Å². The molecule has 0 aliphatic heterocycles. The number of aryl methyl sites for hydroxylation is 1. The van der Waals surface area contributed by atoms with Crippen LogP contribution >= 0.6 is 0 Å². The molecule has 0 fully saturated rings. The number of hydrogen-bond acceptors (Lipinski definition) is 7. The Morgan fingerprint density at radius 1 is 1.25 bits per heavy atom. The first kappa shape index (κ1) is 21.2. The average molecular weight is 434 g/mol. The predicted molar refractivity (Wildman–Crippen MR) is 116 cm³/mol. The lowest BCUT2D eigenvalue weighted by molar-refractivity contribution is -0.130. The average Bonchev–Trinajstić information content (AvgIpc) is 3.45. The van der Waals surface area contributed by atoms with Crippen LogP contribution in [0.15, 0.2) is 53.3 Å². The largest absolute Gasteiger partial charge is 0.372 e. The maximum absolute atomic E-state index is 12.8. The van der Waals surface area contributed by atoms with Gasteiger partial charge in [0.1, 0.15) is 17.4 Å². The Labute approximate surface area is 183 Å². The minimum absolute atomic E-state index is 0.0866. The van der Waals surface area contributed by atoms with Crippen LogP contribution in [0.4, 0.5) is 5.69 Å². The lowest BCUT2D eigenvalue weighted by Crippen LogP contribution is -2.33. The zero-order valence-electron chi connectivity index (χ0n) is 17.8. The van der Waals surface area contributed by atoms with Gasteiger partial charge in [-0.2, -0.15) is 4.98 Å². The van der Waals surface area contributed by atoms with Gasteiger partial charge in [-0.05, 0) is 37.6 Å². The molecule has 0 aliphatic carbocycles. The second-order valence-corrected chi connectivity index (χ2v) is 7.16. The van der Waals surface area contributed by atoms with Crippen LogP contribution in [0.25, 0.3) is 17.0 Å². The molecular weight excluding hydrogens is 412 g/mol. The molecule has 1 aromatic carbocycles. The summed E-state index contributed by atoms with van der Waals surface area (Å²) in [5.41, 5.74) is 3.27. The topological polar surface area (TPSA) is 124 Å². The first-order valence-corrected chi connectivity index (χ1v) is 9.94. The van der Waals surface area contributed by atoms with Gasteiger partial charge in [-0.3, -0.25) is 14.0 Å². The molecule has 0 saturated heterocycles. The molecule has 10 nitrogen and oxygen atoms in total. The third kappa shape index (κ3) is 4.35. The Morgan fingerprint density at radius 3 is 2.91 bits per heavy atom. The molecule has 0 radical (unpaired) electrons. The normalized spacial score (nSPS) is 12.0. The maximum atomic E-state index is 12.8. The fourth-order valence-corrected chi connectivity index (χ4v) is 3.04. The molecular formula is C22H22N6O4.